The molecule has 3 heterocycles. The summed E-state index contributed by atoms with van der Waals surface area (Å²) in [5.74, 6) is -1.69. The normalized spacial score (nSPS) is 13.8. The molecule has 0 aliphatic carbocycles. The van der Waals surface area contributed by atoms with Crippen LogP contribution in [-0.4, -0.2) is 34.2 Å². The highest BCUT2D eigenvalue weighted by molar-refractivity contribution is 7.22. The van der Waals surface area contributed by atoms with E-state index in [0.717, 1.165) is 34.9 Å². The molecule has 6 nitrogen and oxygen atoms in total. The van der Waals surface area contributed by atoms with Gasteiger partial charge in [-0.15, -0.1) is 11.3 Å². The zero-order chi connectivity index (χ0) is 25.1. The van der Waals surface area contributed by atoms with Gasteiger partial charge < -0.3 is 5.32 Å². The molecular formula is C29H27N3O3S. The highest BCUT2D eigenvalue weighted by Gasteiger charge is 2.38. The number of carbonyl (C=O) groups excluding carboxylic acids is 3. The molecule has 1 aliphatic rings. The van der Waals surface area contributed by atoms with Crippen LogP contribution in [0.15, 0.2) is 73.1 Å². The Morgan fingerprint density at radius 1 is 1.00 bits per heavy atom. The molecule has 36 heavy (non-hydrogen) atoms. The smallest absolute Gasteiger partial charge is 0.261 e. The van der Waals surface area contributed by atoms with Crippen LogP contribution < -0.4 is 5.32 Å². The predicted octanol–water partition coefficient (Wildman–Crippen LogP) is 6.05. The Kier molecular flexibility index (Phi) is 6.91. The van der Waals surface area contributed by atoms with E-state index in [1.807, 2.05) is 36.4 Å². The molecule has 182 valence electrons. The van der Waals surface area contributed by atoms with Gasteiger partial charge in [0.2, 0.25) is 5.91 Å². The number of amides is 3. The third-order valence-electron chi connectivity index (χ3n) is 6.58. The van der Waals surface area contributed by atoms with Crippen molar-refractivity contribution in [3.8, 4) is 0 Å². The number of thiophene rings is 1. The van der Waals surface area contributed by atoms with Crippen molar-refractivity contribution in [3.05, 3.63) is 95.3 Å². The van der Waals surface area contributed by atoms with E-state index in [1.165, 1.54) is 28.2 Å². The van der Waals surface area contributed by atoms with Crippen LogP contribution in [0.3, 0.4) is 0 Å². The Labute approximate surface area is 214 Å². The minimum absolute atomic E-state index is 0.0280. The molecule has 7 heteroatoms. The van der Waals surface area contributed by atoms with E-state index in [9.17, 15) is 14.4 Å². The third-order valence-corrected chi connectivity index (χ3v) is 7.58. The fraction of sp³-hybridized carbons (Fsp3) is 0.241. The second-order valence-corrected chi connectivity index (χ2v) is 10.1. The van der Waals surface area contributed by atoms with Gasteiger partial charge in [0.05, 0.1) is 26.7 Å². The first-order valence-corrected chi connectivity index (χ1v) is 13.0. The van der Waals surface area contributed by atoms with E-state index in [0.29, 0.717) is 16.1 Å². The predicted molar refractivity (Wildman–Crippen MR) is 142 cm³/mol. The number of benzene rings is 2. The van der Waals surface area contributed by atoms with Gasteiger partial charge in [0.25, 0.3) is 11.8 Å². The SMILES string of the molecule is CCCCCc1ccc(C(CN2C(=O)c3ccccc3C2=O)C(=O)Nc2cc3ccncc3s2)cc1. The molecule has 4 aromatic rings. The second kappa shape index (κ2) is 10.4. The lowest BCUT2D eigenvalue weighted by atomic mass is 9.95. The number of nitrogens with one attached hydrogen (secondary N) is 1. The Bertz CT molecular complexity index is 1360. The zero-order valence-electron chi connectivity index (χ0n) is 20.1. The molecule has 0 saturated heterocycles. The standard InChI is InChI=1S/C29H27N3O3S/c1-2-3-4-7-19-10-12-20(13-11-19)24(18-32-28(34)22-8-5-6-9-23(22)29(32)35)27(33)31-26-16-21-14-15-30-17-25(21)36-26/h5-6,8-17,24H,2-4,7,18H2,1H3,(H,31,33). The number of anilines is 1. The number of hydrogen-bond acceptors (Lipinski definition) is 5. The van der Waals surface area contributed by atoms with Crippen LogP contribution in [0.4, 0.5) is 5.00 Å². The van der Waals surface area contributed by atoms with Gasteiger partial charge in [-0.1, -0.05) is 56.2 Å². The molecule has 0 saturated carbocycles. The van der Waals surface area contributed by atoms with Crippen molar-refractivity contribution >= 4 is 44.1 Å². The number of aromatic nitrogens is 1. The fourth-order valence-corrected chi connectivity index (χ4v) is 5.51. The minimum Gasteiger partial charge on any atom is -0.317 e. The van der Waals surface area contributed by atoms with Gasteiger partial charge in [-0.2, -0.15) is 0 Å². The summed E-state index contributed by atoms with van der Waals surface area (Å²) in [5.41, 5.74) is 2.74. The first-order chi connectivity index (χ1) is 17.5. The van der Waals surface area contributed by atoms with E-state index in [2.05, 4.69) is 17.2 Å². The molecule has 1 atom stereocenters. The maximum Gasteiger partial charge on any atom is 0.261 e. The molecule has 2 aromatic carbocycles. The van der Waals surface area contributed by atoms with Gasteiger partial charge >= 0.3 is 0 Å². The first kappa shape index (κ1) is 23.9. The summed E-state index contributed by atoms with van der Waals surface area (Å²) in [6, 6.07) is 18.6. The van der Waals surface area contributed by atoms with Crippen LogP contribution in [0, 0.1) is 0 Å². The van der Waals surface area contributed by atoms with Crippen LogP contribution in [0.2, 0.25) is 0 Å². The fourth-order valence-electron chi connectivity index (χ4n) is 4.58. The second-order valence-electron chi connectivity index (χ2n) is 9.03. The van der Waals surface area contributed by atoms with Crippen LogP contribution in [0.25, 0.3) is 10.1 Å². The molecular weight excluding hydrogens is 470 g/mol. The third kappa shape index (κ3) is 4.79. The largest absolute Gasteiger partial charge is 0.317 e. The van der Waals surface area contributed by atoms with E-state index in [1.54, 1.807) is 36.7 Å². The van der Waals surface area contributed by atoms with Crippen molar-refractivity contribution in [2.45, 2.75) is 38.5 Å². The Morgan fingerprint density at radius 3 is 2.39 bits per heavy atom. The van der Waals surface area contributed by atoms with Gasteiger partial charge in [0, 0.05) is 18.9 Å². The monoisotopic (exact) mass is 497 g/mol. The molecule has 2 aromatic heterocycles. The van der Waals surface area contributed by atoms with Crippen LogP contribution >= 0.6 is 11.3 Å². The van der Waals surface area contributed by atoms with Gasteiger partial charge in [-0.3, -0.25) is 24.3 Å². The number of nitrogens with zero attached hydrogens (tertiary/aromatic N) is 2. The van der Waals surface area contributed by atoms with E-state index in [-0.39, 0.29) is 24.3 Å². The molecule has 0 bridgehead atoms. The van der Waals surface area contributed by atoms with Gasteiger partial charge in [-0.25, -0.2) is 0 Å². The van der Waals surface area contributed by atoms with E-state index < -0.39 is 5.92 Å². The molecule has 3 amide bonds. The van der Waals surface area contributed by atoms with Crippen molar-refractivity contribution in [2.24, 2.45) is 0 Å². The van der Waals surface area contributed by atoms with Crippen molar-refractivity contribution in [1.29, 1.82) is 0 Å². The van der Waals surface area contributed by atoms with E-state index >= 15 is 0 Å². The average Bonchev–Trinajstić information content (AvgIpc) is 3.41. The minimum atomic E-state index is -0.708. The molecule has 0 fully saturated rings. The highest BCUT2D eigenvalue weighted by atomic mass is 32.1. The molecule has 5 rings (SSSR count). The summed E-state index contributed by atoms with van der Waals surface area (Å²) in [7, 11) is 0. The number of fused-ring (bicyclic) bond motifs is 2. The maximum atomic E-state index is 13.6. The summed E-state index contributed by atoms with van der Waals surface area (Å²) in [6.45, 7) is 2.15. The number of carbonyl (C=O) groups is 3. The summed E-state index contributed by atoms with van der Waals surface area (Å²) in [4.78, 5) is 45.0. The number of rotatable bonds is 9. The topological polar surface area (TPSA) is 79.4 Å². The summed E-state index contributed by atoms with van der Waals surface area (Å²) >= 11 is 1.44. The zero-order valence-corrected chi connectivity index (χ0v) is 20.9. The molecule has 1 N–H and O–H groups in total. The summed E-state index contributed by atoms with van der Waals surface area (Å²) in [6.07, 6.45) is 7.93. The van der Waals surface area contributed by atoms with Crippen LogP contribution in [0.5, 0.6) is 0 Å². The van der Waals surface area contributed by atoms with Crippen LogP contribution in [-0.2, 0) is 11.2 Å². The lowest BCUT2D eigenvalue weighted by Gasteiger charge is -2.22. The van der Waals surface area contributed by atoms with Gasteiger partial charge in [-0.05, 0) is 53.6 Å². The van der Waals surface area contributed by atoms with E-state index in [4.69, 9.17) is 0 Å². The quantitative estimate of drug-likeness (QED) is 0.226. The molecule has 1 aliphatic heterocycles. The van der Waals surface area contributed by atoms with Crippen molar-refractivity contribution in [1.82, 2.24) is 9.88 Å². The number of pyridine rings is 1. The van der Waals surface area contributed by atoms with Crippen LogP contribution in [0.1, 0.15) is 63.9 Å². The summed E-state index contributed by atoms with van der Waals surface area (Å²) < 4.78 is 0.973. The number of imide groups is 1. The number of unbranched alkanes of at least 4 members (excludes halogenated alkanes) is 2. The Balaban J connectivity index is 1.41. The first-order valence-electron chi connectivity index (χ1n) is 12.2. The maximum absolute atomic E-state index is 13.6. The van der Waals surface area contributed by atoms with Gasteiger partial charge in [0.15, 0.2) is 0 Å². The van der Waals surface area contributed by atoms with Gasteiger partial charge in [0.1, 0.15) is 0 Å². The Morgan fingerprint density at radius 2 is 1.72 bits per heavy atom. The average molecular weight is 498 g/mol. The van der Waals surface area contributed by atoms with Crippen molar-refractivity contribution < 1.29 is 14.4 Å². The number of hydrogen-bond donors (Lipinski definition) is 1. The van der Waals surface area contributed by atoms with Crippen molar-refractivity contribution in [2.75, 3.05) is 11.9 Å². The molecule has 1 unspecified atom stereocenters. The lowest BCUT2D eigenvalue weighted by Crippen LogP contribution is -2.38. The lowest BCUT2D eigenvalue weighted by molar-refractivity contribution is -0.117. The van der Waals surface area contributed by atoms with Crippen molar-refractivity contribution in [3.63, 3.8) is 0 Å². The molecule has 0 radical (unpaired) electrons. The highest BCUT2D eigenvalue weighted by Crippen LogP contribution is 2.31. The Hall–Kier alpha value is -3.84. The number of aryl methyl sites for hydroxylation is 1. The summed E-state index contributed by atoms with van der Waals surface area (Å²) in [5, 5.41) is 4.71. The molecule has 0 spiro atoms.